The molecule has 4 rings (SSSR count). The van der Waals surface area contributed by atoms with Crippen LogP contribution in [0.4, 0.5) is 8.78 Å². The predicted octanol–water partition coefficient (Wildman–Crippen LogP) is 5.09. The van der Waals surface area contributed by atoms with Gasteiger partial charge in [0.25, 0.3) is 12.3 Å². The van der Waals surface area contributed by atoms with Gasteiger partial charge in [0.05, 0.1) is 17.1 Å². The number of alkyl halides is 2. The maximum absolute atomic E-state index is 13.1. The Hall–Kier alpha value is -2.76. The molecular formula is C21H21F2N3O. The highest BCUT2D eigenvalue weighted by Crippen LogP contribution is 2.34. The summed E-state index contributed by atoms with van der Waals surface area (Å²) in [6.07, 6.45) is -0.786. The molecule has 1 fully saturated rings. The van der Waals surface area contributed by atoms with Gasteiger partial charge < -0.3 is 9.88 Å². The number of H-pyrrole nitrogens is 1. The molecule has 1 saturated heterocycles. The Morgan fingerprint density at radius 2 is 2.00 bits per heavy atom. The van der Waals surface area contributed by atoms with E-state index in [9.17, 15) is 13.6 Å². The molecule has 2 aromatic carbocycles. The van der Waals surface area contributed by atoms with Gasteiger partial charge >= 0.3 is 0 Å². The number of carbonyl (C=O) groups is 1. The molecule has 2 heterocycles. The van der Waals surface area contributed by atoms with Crippen molar-refractivity contribution < 1.29 is 13.6 Å². The van der Waals surface area contributed by atoms with Gasteiger partial charge in [-0.2, -0.15) is 0 Å². The van der Waals surface area contributed by atoms with Gasteiger partial charge in [0.2, 0.25) is 0 Å². The van der Waals surface area contributed by atoms with Crippen molar-refractivity contribution in [2.75, 3.05) is 6.54 Å². The van der Waals surface area contributed by atoms with Crippen molar-refractivity contribution in [2.45, 2.75) is 39.2 Å². The quantitative estimate of drug-likeness (QED) is 0.699. The van der Waals surface area contributed by atoms with E-state index in [0.29, 0.717) is 23.1 Å². The molecule has 4 nitrogen and oxygen atoms in total. The number of aryl methyl sites for hydroxylation is 2. The van der Waals surface area contributed by atoms with Crippen molar-refractivity contribution in [1.29, 1.82) is 0 Å². The highest BCUT2D eigenvalue weighted by molar-refractivity contribution is 5.97. The van der Waals surface area contributed by atoms with E-state index < -0.39 is 6.43 Å². The van der Waals surface area contributed by atoms with Crippen molar-refractivity contribution in [2.24, 2.45) is 0 Å². The summed E-state index contributed by atoms with van der Waals surface area (Å²) >= 11 is 0. The molecule has 0 aliphatic carbocycles. The van der Waals surface area contributed by atoms with Crippen LogP contribution < -0.4 is 0 Å². The number of carbonyl (C=O) groups excluding carboxylic acids is 1. The molecule has 3 aromatic rings. The maximum Gasteiger partial charge on any atom is 0.295 e. The molecule has 0 spiro atoms. The number of aromatic nitrogens is 2. The van der Waals surface area contributed by atoms with Crippen LogP contribution in [0.25, 0.3) is 11.0 Å². The Kier molecular flexibility index (Phi) is 4.42. The van der Waals surface area contributed by atoms with Crippen LogP contribution in [0.2, 0.25) is 0 Å². The number of nitrogens with one attached hydrogen (secondary N) is 1. The van der Waals surface area contributed by atoms with Crippen LogP contribution >= 0.6 is 0 Å². The summed E-state index contributed by atoms with van der Waals surface area (Å²) in [7, 11) is 0. The SMILES string of the molecule is Cc1ccc(C2CCCN2C(=O)c2ccc3nc(C(F)F)[nH]c3c2)cc1C. The Morgan fingerprint density at radius 1 is 1.19 bits per heavy atom. The van der Waals surface area contributed by atoms with Crippen LogP contribution in [-0.4, -0.2) is 27.3 Å². The van der Waals surface area contributed by atoms with E-state index in [1.807, 2.05) is 4.90 Å². The van der Waals surface area contributed by atoms with Gasteiger partial charge in [0.1, 0.15) is 0 Å². The molecule has 0 saturated carbocycles. The maximum atomic E-state index is 13.1. The molecule has 1 aliphatic rings. The first-order chi connectivity index (χ1) is 12.9. The first-order valence-corrected chi connectivity index (χ1v) is 9.10. The number of fused-ring (bicyclic) bond motifs is 1. The molecule has 1 unspecified atom stereocenters. The summed E-state index contributed by atoms with van der Waals surface area (Å²) in [5.74, 6) is -0.449. The fourth-order valence-electron chi connectivity index (χ4n) is 3.76. The van der Waals surface area contributed by atoms with Crippen molar-refractivity contribution >= 4 is 16.9 Å². The van der Waals surface area contributed by atoms with E-state index in [1.165, 1.54) is 11.1 Å². The van der Waals surface area contributed by atoms with Crippen molar-refractivity contribution in [3.63, 3.8) is 0 Å². The van der Waals surface area contributed by atoms with Crippen LogP contribution in [0.5, 0.6) is 0 Å². The van der Waals surface area contributed by atoms with Gasteiger partial charge in [-0.05, 0) is 61.6 Å². The van der Waals surface area contributed by atoms with Crippen LogP contribution in [0.3, 0.4) is 0 Å². The topological polar surface area (TPSA) is 49.0 Å². The number of imidazole rings is 1. The zero-order valence-electron chi connectivity index (χ0n) is 15.3. The van der Waals surface area contributed by atoms with Gasteiger partial charge in [0, 0.05) is 12.1 Å². The second-order valence-electron chi connectivity index (χ2n) is 7.15. The lowest BCUT2D eigenvalue weighted by Crippen LogP contribution is -2.30. The fourth-order valence-corrected chi connectivity index (χ4v) is 3.76. The lowest BCUT2D eigenvalue weighted by atomic mass is 9.99. The molecule has 1 aromatic heterocycles. The minimum absolute atomic E-state index is 0.0471. The monoisotopic (exact) mass is 369 g/mol. The largest absolute Gasteiger partial charge is 0.337 e. The number of halogens is 2. The Bertz CT molecular complexity index is 1010. The molecular weight excluding hydrogens is 348 g/mol. The Morgan fingerprint density at radius 3 is 2.74 bits per heavy atom. The summed E-state index contributed by atoms with van der Waals surface area (Å²) in [6.45, 7) is 4.84. The number of likely N-dealkylation sites (tertiary alicyclic amines) is 1. The number of benzene rings is 2. The average molecular weight is 369 g/mol. The van der Waals surface area contributed by atoms with E-state index in [4.69, 9.17) is 0 Å². The number of amides is 1. The third-order valence-electron chi connectivity index (χ3n) is 5.38. The highest BCUT2D eigenvalue weighted by atomic mass is 19.3. The fraction of sp³-hybridized carbons (Fsp3) is 0.333. The summed E-state index contributed by atoms with van der Waals surface area (Å²) in [5.41, 5.74) is 4.97. The Labute approximate surface area is 156 Å². The van der Waals surface area contributed by atoms with Gasteiger partial charge in [-0.3, -0.25) is 4.79 Å². The Balaban J connectivity index is 1.64. The van der Waals surface area contributed by atoms with E-state index in [2.05, 4.69) is 42.0 Å². The molecule has 0 radical (unpaired) electrons. The molecule has 27 heavy (non-hydrogen) atoms. The number of aromatic amines is 1. The normalized spacial score (nSPS) is 17.2. The van der Waals surface area contributed by atoms with Crippen molar-refractivity contribution in [3.05, 3.63) is 64.5 Å². The van der Waals surface area contributed by atoms with Gasteiger partial charge in [-0.15, -0.1) is 0 Å². The summed E-state index contributed by atoms with van der Waals surface area (Å²) < 4.78 is 25.7. The molecule has 140 valence electrons. The minimum Gasteiger partial charge on any atom is -0.337 e. The van der Waals surface area contributed by atoms with E-state index in [-0.39, 0.29) is 17.8 Å². The second kappa shape index (κ2) is 6.76. The number of nitrogens with zero attached hydrogens (tertiary/aromatic N) is 2. The van der Waals surface area contributed by atoms with Crippen molar-refractivity contribution in [1.82, 2.24) is 14.9 Å². The molecule has 6 heteroatoms. The lowest BCUT2D eigenvalue weighted by molar-refractivity contribution is 0.0735. The van der Waals surface area contributed by atoms with Gasteiger partial charge in [-0.1, -0.05) is 18.2 Å². The first kappa shape index (κ1) is 17.6. The average Bonchev–Trinajstić information content (AvgIpc) is 3.29. The van der Waals surface area contributed by atoms with Crippen LogP contribution in [0, 0.1) is 13.8 Å². The third kappa shape index (κ3) is 3.20. The van der Waals surface area contributed by atoms with E-state index >= 15 is 0 Å². The molecule has 1 N–H and O–H groups in total. The van der Waals surface area contributed by atoms with E-state index in [1.54, 1.807) is 18.2 Å². The van der Waals surface area contributed by atoms with Gasteiger partial charge in [0.15, 0.2) is 5.82 Å². The number of hydrogen-bond donors (Lipinski definition) is 1. The summed E-state index contributed by atoms with van der Waals surface area (Å²) in [5, 5.41) is 0. The predicted molar refractivity (Wildman–Crippen MR) is 100.0 cm³/mol. The number of hydrogen-bond acceptors (Lipinski definition) is 2. The van der Waals surface area contributed by atoms with Gasteiger partial charge in [-0.25, -0.2) is 13.8 Å². The molecule has 1 amide bonds. The standard InChI is InChI=1S/C21H21F2N3O/c1-12-5-6-14(10-13(12)2)18-4-3-9-26(18)21(27)15-7-8-16-17(11-15)25-20(24-16)19(22)23/h5-8,10-11,18-19H,3-4,9H2,1-2H3,(H,24,25). The molecule has 0 bridgehead atoms. The van der Waals surface area contributed by atoms with Crippen LogP contribution in [0.15, 0.2) is 36.4 Å². The second-order valence-corrected chi connectivity index (χ2v) is 7.15. The molecule has 1 atom stereocenters. The highest BCUT2D eigenvalue weighted by Gasteiger charge is 2.31. The first-order valence-electron chi connectivity index (χ1n) is 9.10. The smallest absolute Gasteiger partial charge is 0.295 e. The lowest BCUT2D eigenvalue weighted by Gasteiger charge is -2.26. The zero-order chi connectivity index (χ0) is 19.1. The molecule has 1 aliphatic heterocycles. The van der Waals surface area contributed by atoms with Crippen LogP contribution in [0.1, 0.15) is 58.2 Å². The minimum atomic E-state index is -2.66. The van der Waals surface area contributed by atoms with Crippen molar-refractivity contribution in [3.8, 4) is 0 Å². The van der Waals surface area contributed by atoms with Crippen LogP contribution in [-0.2, 0) is 0 Å². The number of rotatable bonds is 3. The zero-order valence-corrected chi connectivity index (χ0v) is 15.3. The van der Waals surface area contributed by atoms with E-state index in [0.717, 1.165) is 18.4 Å². The summed E-state index contributed by atoms with van der Waals surface area (Å²) in [6, 6.07) is 11.3. The summed E-state index contributed by atoms with van der Waals surface area (Å²) in [4.78, 5) is 21.5. The third-order valence-corrected chi connectivity index (χ3v) is 5.38.